The number of aromatic hydroxyl groups is 1. The maximum Gasteiger partial charge on any atom is 0.307 e. The van der Waals surface area contributed by atoms with Crippen LogP contribution in [-0.4, -0.2) is 15.6 Å². The van der Waals surface area contributed by atoms with Crippen LogP contribution in [0.1, 0.15) is 11.3 Å². The van der Waals surface area contributed by atoms with Crippen LogP contribution in [-0.2, 0) is 11.3 Å². The SMILES string of the molecule is Cc1ccc(O)c(NC(=O)Cn2c(C)csc2=O)c1. The van der Waals surface area contributed by atoms with Crippen LogP contribution in [0.5, 0.6) is 5.75 Å². The molecule has 6 heteroatoms. The fourth-order valence-electron chi connectivity index (χ4n) is 1.68. The minimum Gasteiger partial charge on any atom is -0.506 e. The number of carbonyl (C=O) groups excluding carboxylic acids is 1. The van der Waals surface area contributed by atoms with Crippen molar-refractivity contribution in [3.63, 3.8) is 0 Å². The van der Waals surface area contributed by atoms with Crippen LogP contribution in [0.2, 0.25) is 0 Å². The molecule has 100 valence electrons. The van der Waals surface area contributed by atoms with E-state index in [4.69, 9.17) is 0 Å². The van der Waals surface area contributed by atoms with E-state index < -0.39 is 0 Å². The third kappa shape index (κ3) is 3.03. The highest BCUT2D eigenvalue weighted by molar-refractivity contribution is 7.07. The van der Waals surface area contributed by atoms with Gasteiger partial charge >= 0.3 is 4.87 Å². The summed E-state index contributed by atoms with van der Waals surface area (Å²) in [7, 11) is 0. The Morgan fingerprint density at radius 2 is 2.16 bits per heavy atom. The number of rotatable bonds is 3. The summed E-state index contributed by atoms with van der Waals surface area (Å²) in [5.74, 6) is -0.335. The first-order valence-corrected chi connectivity index (χ1v) is 6.60. The quantitative estimate of drug-likeness (QED) is 0.842. The van der Waals surface area contributed by atoms with Gasteiger partial charge in [-0.2, -0.15) is 0 Å². The molecule has 0 radical (unpaired) electrons. The third-order valence-electron chi connectivity index (χ3n) is 2.70. The van der Waals surface area contributed by atoms with Crippen molar-refractivity contribution in [3.8, 4) is 5.75 Å². The van der Waals surface area contributed by atoms with Gasteiger partial charge in [0.25, 0.3) is 0 Å². The van der Waals surface area contributed by atoms with Gasteiger partial charge in [-0.15, -0.1) is 0 Å². The lowest BCUT2D eigenvalue weighted by Crippen LogP contribution is -2.25. The lowest BCUT2D eigenvalue weighted by Gasteiger charge is -2.09. The standard InChI is InChI=1S/C13H14N2O3S/c1-8-3-4-11(16)10(5-8)14-12(17)6-15-9(2)7-19-13(15)18/h3-5,7,16H,6H2,1-2H3,(H,14,17). The lowest BCUT2D eigenvalue weighted by atomic mass is 10.2. The molecule has 1 aromatic carbocycles. The number of hydrogen-bond donors (Lipinski definition) is 2. The summed E-state index contributed by atoms with van der Waals surface area (Å²) in [5, 5.41) is 13.9. The molecule has 0 aliphatic rings. The van der Waals surface area contributed by atoms with Crippen molar-refractivity contribution < 1.29 is 9.90 Å². The van der Waals surface area contributed by atoms with Crippen molar-refractivity contribution in [1.82, 2.24) is 4.57 Å². The van der Waals surface area contributed by atoms with Gasteiger partial charge in [0.2, 0.25) is 5.91 Å². The summed E-state index contributed by atoms with van der Waals surface area (Å²) >= 11 is 1.06. The van der Waals surface area contributed by atoms with Crippen LogP contribution < -0.4 is 10.2 Å². The molecule has 0 aliphatic carbocycles. The van der Waals surface area contributed by atoms with Gasteiger partial charge in [-0.1, -0.05) is 17.4 Å². The highest BCUT2D eigenvalue weighted by atomic mass is 32.1. The Labute approximate surface area is 114 Å². The summed E-state index contributed by atoms with van der Waals surface area (Å²) < 4.78 is 1.40. The molecule has 0 aliphatic heterocycles. The molecule has 5 nitrogen and oxygen atoms in total. The van der Waals surface area contributed by atoms with Crippen molar-refractivity contribution in [1.29, 1.82) is 0 Å². The monoisotopic (exact) mass is 278 g/mol. The van der Waals surface area contributed by atoms with Crippen LogP contribution in [0.15, 0.2) is 28.4 Å². The van der Waals surface area contributed by atoms with E-state index in [1.54, 1.807) is 24.4 Å². The molecule has 1 aromatic heterocycles. The molecule has 0 saturated heterocycles. The van der Waals surface area contributed by atoms with E-state index in [0.717, 1.165) is 22.6 Å². The Morgan fingerprint density at radius 3 is 2.79 bits per heavy atom. The second kappa shape index (κ2) is 5.27. The molecule has 0 atom stereocenters. The van der Waals surface area contributed by atoms with Gasteiger partial charge in [0.1, 0.15) is 12.3 Å². The number of nitrogens with one attached hydrogen (secondary N) is 1. The number of thiazole rings is 1. The molecule has 0 spiro atoms. The molecule has 2 N–H and O–H groups in total. The van der Waals surface area contributed by atoms with E-state index in [9.17, 15) is 14.7 Å². The van der Waals surface area contributed by atoms with E-state index in [0.29, 0.717) is 5.69 Å². The average Bonchev–Trinajstić information content (AvgIpc) is 2.65. The Kier molecular flexibility index (Phi) is 3.71. The summed E-state index contributed by atoms with van der Waals surface area (Å²) in [6.07, 6.45) is 0. The largest absolute Gasteiger partial charge is 0.506 e. The molecule has 0 fully saturated rings. The summed E-state index contributed by atoms with van der Waals surface area (Å²) in [5.41, 5.74) is 2.03. The molecular formula is C13H14N2O3S. The fourth-order valence-corrected chi connectivity index (χ4v) is 2.41. The van der Waals surface area contributed by atoms with Crippen LogP contribution in [0.3, 0.4) is 0 Å². The van der Waals surface area contributed by atoms with E-state index in [1.165, 1.54) is 10.6 Å². The van der Waals surface area contributed by atoms with E-state index in [2.05, 4.69) is 5.32 Å². The number of aryl methyl sites for hydroxylation is 2. The highest BCUT2D eigenvalue weighted by Crippen LogP contribution is 2.23. The van der Waals surface area contributed by atoms with Crippen molar-refractivity contribution in [2.75, 3.05) is 5.32 Å². The fraction of sp³-hybridized carbons (Fsp3) is 0.231. The Morgan fingerprint density at radius 1 is 1.42 bits per heavy atom. The molecule has 0 saturated carbocycles. The lowest BCUT2D eigenvalue weighted by molar-refractivity contribution is -0.116. The van der Waals surface area contributed by atoms with Crippen molar-refractivity contribution in [2.24, 2.45) is 0 Å². The summed E-state index contributed by atoms with van der Waals surface area (Å²) in [6.45, 7) is 3.58. The van der Waals surface area contributed by atoms with Gasteiger partial charge in [0, 0.05) is 11.1 Å². The van der Waals surface area contributed by atoms with Crippen LogP contribution in [0, 0.1) is 13.8 Å². The second-order valence-corrected chi connectivity index (χ2v) is 5.12. The van der Waals surface area contributed by atoms with Crippen LogP contribution >= 0.6 is 11.3 Å². The highest BCUT2D eigenvalue weighted by Gasteiger charge is 2.10. The summed E-state index contributed by atoms with van der Waals surface area (Å²) in [4.78, 5) is 23.2. The first-order chi connectivity index (χ1) is 8.97. The number of phenols is 1. The predicted octanol–water partition coefficient (Wildman–Crippen LogP) is 1.87. The van der Waals surface area contributed by atoms with Crippen molar-refractivity contribution in [3.05, 3.63) is 44.5 Å². The Balaban J connectivity index is 2.14. The van der Waals surface area contributed by atoms with Gasteiger partial charge in [-0.3, -0.25) is 14.2 Å². The molecule has 1 amide bonds. The molecular weight excluding hydrogens is 264 g/mol. The van der Waals surface area contributed by atoms with Crippen LogP contribution in [0.4, 0.5) is 5.69 Å². The topological polar surface area (TPSA) is 71.3 Å². The first-order valence-electron chi connectivity index (χ1n) is 5.72. The molecule has 19 heavy (non-hydrogen) atoms. The Hall–Kier alpha value is -2.08. The first kappa shape index (κ1) is 13.4. The molecule has 1 heterocycles. The molecule has 2 aromatic rings. The van der Waals surface area contributed by atoms with Crippen LogP contribution in [0.25, 0.3) is 0 Å². The van der Waals surface area contributed by atoms with E-state index in [-0.39, 0.29) is 23.1 Å². The molecule has 0 bridgehead atoms. The number of aromatic nitrogens is 1. The average molecular weight is 278 g/mol. The smallest absolute Gasteiger partial charge is 0.307 e. The number of anilines is 1. The molecule has 0 unspecified atom stereocenters. The zero-order valence-corrected chi connectivity index (χ0v) is 11.5. The summed E-state index contributed by atoms with van der Waals surface area (Å²) in [6, 6.07) is 4.95. The molecule has 2 rings (SSSR count). The zero-order chi connectivity index (χ0) is 14.0. The number of hydrogen-bond acceptors (Lipinski definition) is 4. The second-order valence-electron chi connectivity index (χ2n) is 4.30. The number of benzene rings is 1. The maximum absolute atomic E-state index is 11.9. The van der Waals surface area contributed by atoms with Gasteiger partial charge in [0.05, 0.1) is 5.69 Å². The van der Waals surface area contributed by atoms with Crippen molar-refractivity contribution >= 4 is 22.9 Å². The number of phenolic OH excluding ortho intramolecular Hbond substituents is 1. The van der Waals surface area contributed by atoms with Gasteiger partial charge in [-0.05, 0) is 31.5 Å². The van der Waals surface area contributed by atoms with Gasteiger partial charge in [0.15, 0.2) is 0 Å². The van der Waals surface area contributed by atoms with E-state index in [1.807, 2.05) is 6.92 Å². The van der Waals surface area contributed by atoms with Gasteiger partial charge < -0.3 is 10.4 Å². The van der Waals surface area contributed by atoms with E-state index >= 15 is 0 Å². The minimum atomic E-state index is -0.343. The Bertz CT molecular complexity index is 673. The minimum absolute atomic E-state index is 0.00772. The van der Waals surface area contributed by atoms with Gasteiger partial charge in [-0.25, -0.2) is 0 Å². The zero-order valence-electron chi connectivity index (χ0n) is 10.6. The third-order valence-corrected chi connectivity index (χ3v) is 3.59. The maximum atomic E-state index is 11.9. The number of amides is 1. The normalized spacial score (nSPS) is 10.4. The van der Waals surface area contributed by atoms with Crippen molar-refractivity contribution in [2.45, 2.75) is 20.4 Å². The number of carbonyl (C=O) groups is 1. The predicted molar refractivity (Wildman–Crippen MR) is 74.8 cm³/mol. The number of nitrogens with zero attached hydrogens (tertiary/aromatic N) is 1.